The molecular formula is C15H21NO3S. The number of ether oxygens (including phenoxy) is 1. The highest BCUT2D eigenvalue weighted by Gasteiger charge is 2.34. The Hall–Kier alpha value is -1.07. The molecule has 1 saturated heterocycles. The van der Waals surface area contributed by atoms with Crippen LogP contribution in [0.2, 0.25) is 0 Å². The highest BCUT2D eigenvalue weighted by atomic mass is 32.2. The van der Waals surface area contributed by atoms with Gasteiger partial charge in [-0.3, -0.25) is 0 Å². The van der Waals surface area contributed by atoms with Crippen LogP contribution in [-0.4, -0.2) is 40.0 Å². The normalized spacial score (nSPS) is 27.1. The quantitative estimate of drug-likeness (QED) is 0.839. The third-order valence-corrected chi connectivity index (χ3v) is 5.46. The van der Waals surface area contributed by atoms with Crippen LogP contribution in [0.15, 0.2) is 29.2 Å². The van der Waals surface area contributed by atoms with E-state index in [1.807, 2.05) is 12.1 Å². The summed E-state index contributed by atoms with van der Waals surface area (Å²) in [6.45, 7) is 1.65. The Kier molecular flexibility index (Phi) is 3.73. The molecular weight excluding hydrogens is 274 g/mol. The van der Waals surface area contributed by atoms with Crippen molar-refractivity contribution in [3.05, 3.63) is 24.3 Å². The minimum atomic E-state index is -3.12. The van der Waals surface area contributed by atoms with Crippen molar-refractivity contribution < 1.29 is 13.2 Å². The molecule has 0 spiro atoms. The molecule has 0 unspecified atom stereocenters. The van der Waals surface area contributed by atoms with E-state index in [0.29, 0.717) is 17.0 Å². The molecule has 1 aliphatic heterocycles. The summed E-state index contributed by atoms with van der Waals surface area (Å²) in [5.41, 5.74) is 1.11. The van der Waals surface area contributed by atoms with Crippen LogP contribution >= 0.6 is 0 Å². The minimum absolute atomic E-state index is 0.340. The minimum Gasteiger partial charge on any atom is -0.374 e. The second-order valence-corrected chi connectivity index (χ2v) is 7.74. The third kappa shape index (κ3) is 2.69. The van der Waals surface area contributed by atoms with Crippen molar-refractivity contribution >= 4 is 15.5 Å². The molecule has 2 aliphatic rings. The van der Waals surface area contributed by atoms with Crippen molar-refractivity contribution in [1.82, 2.24) is 0 Å². The standard InChI is InChI=1S/C15H21NO3S/c1-20(17,18)13-8-6-12(7-9-13)16-10-11-19-15-5-3-2-4-14(15)16/h6-9,14-15H,2-5,10-11H2,1H3/t14-,15+/m0/s1. The molecule has 0 N–H and O–H groups in total. The number of benzene rings is 1. The molecule has 0 radical (unpaired) electrons. The van der Waals surface area contributed by atoms with Crippen LogP contribution in [0.4, 0.5) is 5.69 Å². The number of nitrogens with zero attached hydrogens (tertiary/aromatic N) is 1. The van der Waals surface area contributed by atoms with Gasteiger partial charge in [-0.1, -0.05) is 12.8 Å². The fourth-order valence-corrected chi connectivity index (χ4v) is 3.93. The maximum Gasteiger partial charge on any atom is 0.175 e. The van der Waals surface area contributed by atoms with E-state index in [9.17, 15) is 8.42 Å². The first-order valence-electron chi connectivity index (χ1n) is 7.24. The lowest BCUT2D eigenvalue weighted by atomic mass is 9.90. The van der Waals surface area contributed by atoms with Gasteiger partial charge in [0.25, 0.3) is 0 Å². The van der Waals surface area contributed by atoms with Crippen molar-refractivity contribution in [1.29, 1.82) is 0 Å². The van der Waals surface area contributed by atoms with E-state index < -0.39 is 9.84 Å². The van der Waals surface area contributed by atoms with E-state index in [1.165, 1.54) is 25.5 Å². The molecule has 1 saturated carbocycles. The molecule has 2 atom stereocenters. The molecule has 1 heterocycles. The maximum absolute atomic E-state index is 11.5. The molecule has 3 rings (SSSR count). The van der Waals surface area contributed by atoms with Crippen LogP contribution in [0.1, 0.15) is 25.7 Å². The van der Waals surface area contributed by atoms with Crippen LogP contribution in [0.3, 0.4) is 0 Å². The van der Waals surface area contributed by atoms with Crippen LogP contribution < -0.4 is 4.90 Å². The summed E-state index contributed by atoms with van der Waals surface area (Å²) in [4.78, 5) is 2.77. The van der Waals surface area contributed by atoms with Crippen LogP contribution in [0, 0.1) is 0 Å². The van der Waals surface area contributed by atoms with Crippen LogP contribution in [0.5, 0.6) is 0 Å². The van der Waals surface area contributed by atoms with Gasteiger partial charge in [-0.25, -0.2) is 8.42 Å². The lowest BCUT2D eigenvalue weighted by Gasteiger charge is -2.45. The molecule has 110 valence electrons. The molecule has 1 aliphatic carbocycles. The predicted molar refractivity (Wildman–Crippen MR) is 78.9 cm³/mol. The summed E-state index contributed by atoms with van der Waals surface area (Å²) in [6.07, 6.45) is 6.39. The largest absolute Gasteiger partial charge is 0.374 e. The van der Waals surface area contributed by atoms with Gasteiger partial charge in [-0.2, -0.15) is 0 Å². The summed E-state index contributed by atoms with van der Waals surface area (Å²) < 4.78 is 28.9. The van der Waals surface area contributed by atoms with E-state index in [1.54, 1.807) is 12.1 Å². The topological polar surface area (TPSA) is 46.6 Å². The van der Waals surface area contributed by atoms with Crippen molar-refractivity contribution in [2.45, 2.75) is 42.7 Å². The fourth-order valence-electron chi connectivity index (χ4n) is 3.30. The molecule has 0 amide bonds. The first-order valence-corrected chi connectivity index (χ1v) is 9.13. The lowest BCUT2D eigenvalue weighted by Crippen LogP contribution is -2.52. The Bertz CT molecular complexity index is 565. The number of morpholine rings is 1. The Labute approximate surface area is 120 Å². The number of anilines is 1. The summed E-state index contributed by atoms with van der Waals surface area (Å²) in [5.74, 6) is 0. The van der Waals surface area contributed by atoms with Gasteiger partial charge in [-0.15, -0.1) is 0 Å². The van der Waals surface area contributed by atoms with Crippen molar-refractivity contribution in [2.75, 3.05) is 24.3 Å². The Morgan fingerprint density at radius 3 is 2.55 bits per heavy atom. The molecule has 5 heteroatoms. The smallest absolute Gasteiger partial charge is 0.175 e. The molecule has 20 heavy (non-hydrogen) atoms. The van der Waals surface area contributed by atoms with Gasteiger partial charge in [-0.05, 0) is 37.1 Å². The average Bonchev–Trinajstić information content (AvgIpc) is 2.46. The van der Waals surface area contributed by atoms with E-state index >= 15 is 0 Å². The van der Waals surface area contributed by atoms with E-state index in [2.05, 4.69) is 4.90 Å². The monoisotopic (exact) mass is 295 g/mol. The predicted octanol–water partition coefficient (Wildman–Crippen LogP) is 2.24. The van der Waals surface area contributed by atoms with Gasteiger partial charge < -0.3 is 9.64 Å². The first-order chi connectivity index (χ1) is 9.55. The molecule has 1 aromatic carbocycles. The van der Waals surface area contributed by atoms with Crippen molar-refractivity contribution in [3.63, 3.8) is 0 Å². The van der Waals surface area contributed by atoms with E-state index in [4.69, 9.17) is 4.74 Å². The van der Waals surface area contributed by atoms with Gasteiger partial charge in [0.15, 0.2) is 9.84 Å². The average molecular weight is 295 g/mol. The van der Waals surface area contributed by atoms with E-state index in [0.717, 1.165) is 25.3 Å². The Morgan fingerprint density at radius 1 is 1.15 bits per heavy atom. The Balaban J connectivity index is 1.84. The molecule has 4 nitrogen and oxygen atoms in total. The second-order valence-electron chi connectivity index (χ2n) is 5.72. The second kappa shape index (κ2) is 5.37. The van der Waals surface area contributed by atoms with Gasteiger partial charge in [0.05, 0.1) is 23.6 Å². The van der Waals surface area contributed by atoms with Gasteiger partial charge in [0, 0.05) is 18.5 Å². The maximum atomic E-state index is 11.5. The van der Waals surface area contributed by atoms with Gasteiger partial charge in [0.2, 0.25) is 0 Å². The summed E-state index contributed by atoms with van der Waals surface area (Å²) in [6, 6.07) is 7.71. The van der Waals surface area contributed by atoms with Crippen molar-refractivity contribution in [3.8, 4) is 0 Å². The number of hydrogen-bond donors (Lipinski definition) is 0. The third-order valence-electron chi connectivity index (χ3n) is 4.33. The molecule has 0 bridgehead atoms. The number of hydrogen-bond acceptors (Lipinski definition) is 4. The number of sulfone groups is 1. The summed E-state index contributed by atoms with van der Waals surface area (Å²) >= 11 is 0. The highest BCUT2D eigenvalue weighted by molar-refractivity contribution is 7.90. The van der Waals surface area contributed by atoms with Gasteiger partial charge in [0.1, 0.15) is 0 Å². The van der Waals surface area contributed by atoms with Crippen LogP contribution in [0.25, 0.3) is 0 Å². The fraction of sp³-hybridized carbons (Fsp3) is 0.600. The Morgan fingerprint density at radius 2 is 1.85 bits per heavy atom. The molecule has 0 aromatic heterocycles. The van der Waals surface area contributed by atoms with Crippen LogP contribution in [-0.2, 0) is 14.6 Å². The number of rotatable bonds is 2. The van der Waals surface area contributed by atoms with Gasteiger partial charge >= 0.3 is 0 Å². The van der Waals surface area contributed by atoms with E-state index in [-0.39, 0.29) is 0 Å². The van der Waals surface area contributed by atoms with Crippen molar-refractivity contribution in [2.24, 2.45) is 0 Å². The lowest BCUT2D eigenvalue weighted by molar-refractivity contribution is -0.00868. The summed E-state index contributed by atoms with van der Waals surface area (Å²) in [7, 11) is -3.12. The number of fused-ring (bicyclic) bond motifs is 1. The SMILES string of the molecule is CS(=O)(=O)c1ccc(N2CCO[C@@H]3CCCC[C@@H]32)cc1. The zero-order valence-corrected chi connectivity index (χ0v) is 12.6. The molecule has 1 aromatic rings. The summed E-state index contributed by atoms with van der Waals surface area (Å²) in [5, 5.41) is 0. The zero-order chi connectivity index (χ0) is 14.2. The molecule has 2 fully saturated rings. The highest BCUT2D eigenvalue weighted by Crippen LogP contribution is 2.32. The zero-order valence-electron chi connectivity index (χ0n) is 11.8. The first kappa shape index (κ1) is 13.9.